The van der Waals surface area contributed by atoms with Crippen molar-refractivity contribution in [3.63, 3.8) is 0 Å². The average Bonchev–Trinajstić information content (AvgIpc) is 2.88. The van der Waals surface area contributed by atoms with Gasteiger partial charge < -0.3 is 124 Å². The molecule has 0 radical (unpaired) electrons. The number of rotatable bonds is 19. The molecule has 0 amide bonds. The monoisotopic (exact) mass is 1170 g/mol. The van der Waals surface area contributed by atoms with Crippen molar-refractivity contribution in [1.29, 1.82) is 0 Å². The Kier molecular flexibility index (Phi) is 19.3. The van der Waals surface area contributed by atoms with Gasteiger partial charge in [-0.2, -0.15) is 0 Å². The Morgan fingerprint density at radius 1 is 0.518 bits per heavy atom. The molecule has 16 atom stereocenters. The topological polar surface area (TPSA) is 464 Å². The van der Waals surface area contributed by atoms with Crippen molar-refractivity contribution >= 4 is 42.1 Å². The number of carboxylic acid groups (broad SMARTS) is 1. The zero-order valence-corrected chi connectivity index (χ0v) is 42.8. The number of esters is 3. The van der Waals surface area contributed by atoms with Crippen LogP contribution in [0.25, 0.3) is 18.2 Å². The number of carbonyl (C=O) groups excluding carboxylic acids is 3. The summed E-state index contributed by atoms with van der Waals surface area (Å²) in [6.07, 6.45) is -27.2. The van der Waals surface area contributed by atoms with E-state index in [1.165, 1.54) is 60.7 Å². The summed E-state index contributed by atoms with van der Waals surface area (Å²) in [6.45, 7) is -2.48. The molecule has 29 heteroatoms. The molecule has 3 fully saturated rings. The number of aromatic hydroxyl groups is 6. The largest absolute Gasteiger partial charge is 0.508 e. The normalized spacial score (nSPS) is 29.7. The van der Waals surface area contributed by atoms with Crippen LogP contribution in [0.1, 0.15) is 34.8 Å². The van der Waals surface area contributed by atoms with Crippen molar-refractivity contribution in [2.45, 2.75) is 105 Å². The Morgan fingerprint density at radius 2 is 1.00 bits per heavy atom. The maximum Gasteiger partial charge on any atom is 0.330 e. The molecular formula is C54H56O29. The number of hydrogen-bond acceptors (Lipinski definition) is 28. The number of phenolic OH excluding ortho intramolecular Hbond substituents is 6. The van der Waals surface area contributed by atoms with Crippen molar-refractivity contribution in [2.24, 2.45) is 0 Å². The zero-order chi connectivity index (χ0) is 60.0. The molecule has 0 spiro atoms. The summed E-state index contributed by atoms with van der Waals surface area (Å²) in [5, 5.41) is 160. The number of carbonyl (C=O) groups is 4. The quantitative estimate of drug-likeness (QED) is 0.0172. The smallest absolute Gasteiger partial charge is 0.330 e. The summed E-state index contributed by atoms with van der Waals surface area (Å²) in [5.74, 6) is -9.57. The molecule has 0 aromatic heterocycles. The van der Waals surface area contributed by atoms with Crippen LogP contribution in [0, 0.1) is 0 Å². The fraction of sp³-hybridized carbons (Fsp3) is 0.370. The number of fused-ring (bicyclic) bond motifs is 1. The number of benzene rings is 4. The van der Waals surface area contributed by atoms with E-state index >= 15 is 0 Å². The number of aliphatic hydroxyl groups is 8. The lowest BCUT2D eigenvalue weighted by Crippen LogP contribution is -2.64. The Morgan fingerprint density at radius 3 is 1.53 bits per heavy atom. The van der Waals surface area contributed by atoms with Crippen LogP contribution in [0.2, 0.25) is 0 Å². The van der Waals surface area contributed by atoms with Crippen LogP contribution in [0.5, 0.6) is 46.0 Å². The molecule has 8 rings (SSSR count). The molecule has 83 heavy (non-hydrogen) atoms. The van der Waals surface area contributed by atoms with Gasteiger partial charge in [0.1, 0.15) is 128 Å². The lowest BCUT2D eigenvalue weighted by atomic mass is 9.97. The molecule has 4 aromatic rings. The number of carboxylic acids is 1. The van der Waals surface area contributed by atoms with Gasteiger partial charge >= 0.3 is 23.9 Å². The summed E-state index contributed by atoms with van der Waals surface area (Å²) in [4.78, 5) is 48.8. The Hall–Kier alpha value is -8.30. The van der Waals surface area contributed by atoms with Gasteiger partial charge in [0.25, 0.3) is 0 Å². The minimum atomic E-state index is -2.22. The summed E-state index contributed by atoms with van der Waals surface area (Å²) < 4.78 is 57.6. The van der Waals surface area contributed by atoms with Crippen LogP contribution in [-0.4, -0.2) is 212 Å². The van der Waals surface area contributed by atoms with Gasteiger partial charge in [0.2, 0.25) is 12.6 Å². The van der Waals surface area contributed by atoms with E-state index in [0.29, 0.717) is 11.1 Å². The van der Waals surface area contributed by atoms with Crippen molar-refractivity contribution < 1.29 is 143 Å². The number of phenols is 6. The molecular weight excluding hydrogens is 1110 g/mol. The highest BCUT2D eigenvalue weighted by atomic mass is 16.8. The number of hydrogen-bond donors (Lipinski definition) is 15. The van der Waals surface area contributed by atoms with E-state index in [9.17, 15) is 90.7 Å². The Bertz CT molecular complexity index is 3030. The number of ether oxygens (including phenoxy) is 10. The van der Waals surface area contributed by atoms with E-state index in [2.05, 4.69) is 0 Å². The second-order valence-electron chi connectivity index (χ2n) is 19.1. The molecule has 1 unspecified atom stereocenters. The third kappa shape index (κ3) is 14.7. The average molecular weight is 1170 g/mol. The van der Waals surface area contributed by atoms with Crippen LogP contribution in [0.4, 0.5) is 0 Å². The highest BCUT2D eigenvalue weighted by Gasteiger charge is 2.53. The van der Waals surface area contributed by atoms with E-state index in [4.69, 9.17) is 52.5 Å². The third-order valence-electron chi connectivity index (χ3n) is 13.1. The van der Waals surface area contributed by atoms with Crippen LogP contribution in [0.3, 0.4) is 0 Å². The maximum absolute atomic E-state index is 13.0. The molecule has 0 bridgehead atoms. The third-order valence-corrected chi connectivity index (χ3v) is 13.1. The summed E-state index contributed by atoms with van der Waals surface area (Å²) in [5.41, 5.74) is 0.477. The number of aliphatic carboxylic acids is 1. The number of aliphatic hydroxyl groups excluding tert-OH is 8. The molecule has 0 aliphatic carbocycles. The molecule has 0 saturated carbocycles. The van der Waals surface area contributed by atoms with Crippen LogP contribution < -0.4 is 9.47 Å². The molecule has 15 N–H and O–H groups in total. The Labute approximate surface area is 467 Å². The van der Waals surface area contributed by atoms with E-state index in [0.717, 1.165) is 42.5 Å². The van der Waals surface area contributed by atoms with Gasteiger partial charge in [0.05, 0.1) is 5.56 Å². The van der Waals surface area contributed by atoms with E-state index in [1.54, 1.807) is 0 Å². The molecule has 4 aliphatic heterocycles. The van der Waals surface area contributed by atoms with Gasteiger partial charge in [-0.25, -0.2) is 9.59 Å². The van der Waals surface area contributed by atoms with E-state index < -0.39 is 183 Å². The lowest BCUT2D eigenvalue weighted by molar-refractivity contribution is -0.364. The molecule has 3 saturated heterocycles. The van der Waals surface area contributed by atoms with Crippen molar-refractivity contribution in [3.05, 3.63) is 113 Å². The first-order chi connectivity index (χ1) is 39.4. The highest BCUT2D eigenvalue weighted by molar-refractivity contribution is 5.90. The first-order valence-electron chi connectivity index (χ1n) is 25.0. The molecule has 446 valence electrons. The fourth-order valence-electron chi connectivity index (χ4n) is 8.72. The first-order valence-corrected chi connectivity index (χ1v) is 25.0. The predicted molar refractivity (Wildman–Crippen MR) is 271 cm³/mol. The van der Waals surface area contributed by atoms with E-state index in [1.807, 2.05) is 0 Å². The maximum atomic E-state index is 13.0. The van der Waals surface area contributed by atoms with Gasteiger partial charge in [0, 0.05) is 29.8 Å². The van der Waals surface area contributed by atoms with Crippen molar-refractivity contribution in [2.75, 3.05) is 19.8 Å². The highest BCUT2D eigenvalue weighted by Crippen LogP contribution is 2.48. The summed E-state index contributed by atoms with van der Waals surface area (Å²) >= 11 is 0. The Balaban J connectivity index is 1.12. The van der Waals surface area contributed by atoms with Gasteiger partial charge in [0.15, 0.2) is 35.7 Å². The summed E-state index contributed by atoms with van der Waals surface area (Å²) in [7, 11) is 0. The van der Waals surface area contributed by atoms with Crippen molar-refractivity contribution in [1.82, 2.24) is 0 Å². The second kappa shape index (κ2) is 26.3. The molecule has 29 nitrogen and oxygen atoms in total. The van der Waals surface area contributed by atoms with E-state index in [-0.39, 0.29) is 28.4 Å². The first kappa shape index (κ1) is 60.8. The predicted octanol–water partition coefficient (Wildman–Crippen LogP) is -1.23. The van der Waals surface area contributed by atoms with Crippen LogP contribution in [-0.2, 0) is 57.1 Å². The lowest BCUT2D eigenvalue weighted by Gasteiger charge is -2.46. The van der Waals surface area contributed by atoms with Gasteiger partial charge in [-0.15, -0.1) is 0 Å². The minimum absolute atomic E-state index is 0.0343. The van der Waals surface area contributed by atoms with Crippen molar-refractivity contribution in [3.8, 4) is 46.0 Å². The minimum Gasteiger partial charge on any atom is -0.508 e. The molecule has 4 aliphatic rings. The molecule has 4 aromatic carbocycles. The summed E-state index contributed by atoms with van der Waals surface area (Å²) in [6, 6.07) is 15.1. The second-order valence-corrected chi connectivity index (χ2v) is 19.1. The standard InChI is InChI=1S/C54H56O29/c55-25-7-1-22(2-8-25)5-11-38(62)74-19-34-42(66)46(70)49(73)53(81-34)83-51-47(71)44(68)36(20-75-39(63)12-6-23-3-9-26(56)10-4-23)82-54(51)79-33-17-28-31(77-50(33)24-13-29(58)41(65)30(59)14-24)15-27(57)16-32(28)78-52-48(72)45(69)43(67)35(80-52)21-76-40(64)18-37(60)61/h1-17,34-36,42-59,65-73H,18-21H2,(H,60,61)/b11-5+,12-6+/t34-,35+,36+,42-,43-,44-,45+,46+,47-,48-,49-,50?,51+,52-,53+,54-/m1/s1. The molecule has 4 heterocycles. The van der Waals surface area contributed by atoms with Crippen LogP contribution in [0.15, 0.2) is 90.7 Å². The van der Waals surface area contributed by atoms with Gasteiger partial charge in [-0.1, -0.05) is 24.3 Å². The zero-order valence-electron chi connectivity index (χ0n) is 42.8. The fourth-order valence-corrected chi connectivity index (χ4v) is 8.72. The van der Waals surface area contributed by atoms with Crippen LogP contribution >= 0.6 is 0 Å². The van der Waals surface area contributed by atoms with Gasteiger partial charge in [-0.05, 0) is 65.8 Å². The van der Waals surface area contributed by atoms with Gasteiger partial charge in [-0.3, -0.25) is 9.59 Å². The SMILES string of the molecule is O=C(O)CC(=O)OC[C@@H]1O[C@@H](Oc2cc(O)cc3c2C=C(O[C@@H]2O[C@@H](COC(=O)/C=C/c4ccc(O)cc4)[C@@H](O)[C@@H](O)[C@@H]2O[C@@H]2O[C@H](COC(=O)/C=C/c4ccc(O)cc4)[C@@H](O)[C@H](O)[C@H]2O)C(c2cc(O)c(O)c(O)c2)O3)[C@H](O)[C@@H](O)[C@@H]1O.